The molecular formula is C16H24N2O5. The summed E-state index contributed by atoms with van der Waals surface area (Å²) in [6, 6.07) is 4.23. The van der Waals surface area contributed by atoms with Crippen LogP contribution in [0, 0.1) is 5.92 Å². The van der Waals surface area contributed by atoms with Crippen LogP contribution in [0.25, 0.3) is 0 Å². The molecule has 2 N–H and O–H groups in total. The van der Waals surface area contributed by atoms with Crippen molar-refractivity contribution in [3.8, 4) is 11.5 Å². The molecule has 1 aromatic carbocycles. The number of methoxy groups -OCH3 is 3. The first-order valence-electron chi connectivity index (χ1n) is 7.26. The number of hydrogen-bond donors (Lipinski definition) is 2. The van der Waals surface area contributed by atoms with Crippen LogP contribution in [0.15, 0.2) is 18.2 Å². The summed E-state index contributed by atoms with van der Waals surface area (Å²) >= 11 is 0. The van der Waals surface area contributed by atoms with Gasteiger partial charge >= 0.3 is 12.0 Å². The molecule has 0 aliphatic carbocycles. The average Bonchev–Trinajstić information content (AvgIpc) is 2.56. The fraction of sp³-hybridized carbons (Fsp3) is 0.500. The normalized spacial score (nSPS) is 11.6. The molecule has 0 spiro atoms. The third-order valence-electron chi connectivity index (χ3n) is 3.31. The molecular weight excluding hydrogens is 300 g/mol. The molecule has 0 aliphatic rings. The molecule has 1 rings (SSSR count). The molecule has 0 heterocycles. The van der Waals surface area contributed by atoms with Crippen LogP contribution in [0.4, 0.5) is 4.79 Å². The number of carbonyl (C=O) groups excluding carboxylic acids is 2. The minimum Gasteiger partial charge on any atom is -0.493 e. The van der Waals surface area contributed by atoms with Crippen LogP contribution in [0.3, 0.4) is 0 Å². The molecule has 7 nitrogen and oxygen atoms in total. The van der Waals surface area contributed by atoms with E-state index in [-0.39, 0.29) is 12.5 Å². The zero-order valence-electron chi connectivity index (χ0n) is 14.1. The summed E-state index contributed by atoms with van der Waals surface area (Å²) in [5.74, 6) is 0.656. The van der Waals surface area contributed by atoms with Gasteiger partial charge < -0.3 is 24.8 Å². The zero-order valence-corrected chi connectivity index (χ0v) is 14.1. The Morgan fingerprint density at radius 2 is 1.74 bits per heavy atom. The lowest BCUT2D eigenvalue weighted by molar-refractivity contribution is -0.143. The zero-order chi connectivity index (χ0) is 17.4. The molecule has 0 saturated carbocycles. The molecule has 23 heavy (non-hydrogen) atoms. The van der Waals surface area contributed by atoms with Crippen LogP contribution in [-0.2, 0) is 16.1 Å². The van der Waals surface area contributed by atoms with Gasteiger partial charge in [0.1, 0.15) is 6.04 Å². The Balaban J connectivity index is 2.63. The molecule has 0 aliphatic heterocycles. The third-order valence-corrected chi connectivity index (χ3v) is 3.31. The smallest absolute Gasteiger partial charge is 0.328 e. The van der Waals surface area contributed by atoms with Crippen LogP contribution in [-0.4, -0.2) is 39.4 Å². The average molecular weight is 324 g/mol. The minimum absolute atomic E-state index is 0.0747. The van der Waals surface area contributed by atoms with Crippen molar-refractivity contribution in [2.24, 2.45) is 5.92 Å². The van der Waals surface area contributed by atoms with Crippen molar-refractivity contribution < 1.29 is 23.8 Å². The summed E-state index contributed by atoms with van der Waals surface area (Å²) < 4.78 is 15.1. The van der Waals surface area contributed by atoms with Crippen molar-refractivity contribution >= 4 is 12.0 Å². The van der Waals surface area contributed by atoms with E-state index < -0.39 is 18.0 Å². The van der Waals surface area contributed by atoms with Gasteiger partial charge in [-0.05, 0) is 23.6 Å². The van der Waals surface area contributed by atoms with Gasteiger partial charge in [0.25, 0.3) is 0 Å². The summed E-state index contributed by atoms with van der Waals surface area (Å²) in [6.07, 6.45) is 0. The molecule has 1 aromatic rings. The van der Waals surface area contributed by atoms with Crippen molar-refractivity contribution in [3.05, 3.63) is 23.8 Å². The highest BCUT2D eigenvalue weighted by Crippen LogP contribution is 2.27. The van der Waals surface area contributed by atoms with Gasteiger partial charge in [-0.1, -0.05) is 19.9 Å². The lowest BCUT2D eigenvalue weighted by Gasteiger charge is -2.20. The SMILES string of the molecule is COC(=O)[C@@H](NC(=O)NCc1ccc(OC)c(OC)c1)C(C)C. The van der Waals surface area contributed by atoms with Crippen molar-refractivity contribution in [2.75, 3.05) is 21.3 Å². The summed E-state index contributed by atoms with van der Waals surface area (Å²) in [4.78, 5) is 23.6. The number of urea groups is 1. The Bertz CT molecular complexity index is 545. The van der Waals surface area contributed by atoms with E-state index in [1.54, 1.807) is 26.4 Å². The van der Waals surface area contributed by atoms with Gasteiger partial charge in [0, 0.05) is 6.54 Å². The van der Waals surface area contributed by atoms with Crippen LogP contribution < -0.4 is 20.1 Å². The molecule has 7 heteroatoms. The van der Waals surface area contributed by atoms with E-state index in [1.165, 1.54) is 7.11 Å². The van der Waals surface area contributed by atoms with Crippen LogP contribution in [0.2, 0.25) is 0 Å². The second kappa shape index (κ2) is 8.87. The monoisotopic (exact) mass is 324 g/mol. The van der Waals surface area contributed by atoms with E-state index in [0.29, 0.717) is 11.5 Å². The highest BCUT2D eigenvalue weighted by Gasteiger charge is 2.24. The molecule has 0 unspecified atom stereocenters. The topological polar surface area (TPSA) is 85.9 Å². The van der Waals surface area contributed by atoms with E-state index in [4.69, 9.17) is 9.47 Å². The number of benzene rings is 1. The molecule has 0 bridgehead atoms. The molecule has 2 amide bonds. The summed E-state index contributed by atoms with van der Waals surface area (Å²) in [5.41, 5.74) is 0.844. The van der Waals surface area contributed by atoms with Crippen LogP contribution >= 0.6 is 0 Å². The Morgan fingerprint density at radius 1 is 1.09 bits per heavy atom. The fourth-order valence-corrected chi connectivity index (χ4v) is 1.99. The first-order valence-corrected chi connectivity index (χ1v) is 7.26. The number of esters is 1. The molecule has 0 saturated heterocycles. The number of nitrogens with one attached hydrogen (secondary N) is 2. The number of carbonyl (C=O) groups is 2. The predicted molar refractivity (Wildman–Crippen MR) is 85.6 cm³/mol. The molecule has 0 radical (unpaired) electrons. The molecule has 128 valence electrons. The predicted octanol–water partition coefficient (Wildman–Crippen LogP) is 1.70. The maximum atomic E-state index is 11.9. The van der Waals surface area contributed by atoms with Crippen molar-refractivity contribution in [1.82, 2.24) is 10.6 Å². The Hall–Kier alpha value is -2.44. The van der Waals surface area contributed by atoms with E-state index >= 15 is 0 Å². The van der Waals surface area contributed by atoms with Gasteiger partial charge in [0.15, 0.2) is 11.5 Å². The third kappa shape index (κ3) is 5.36. The Kier molecular flexibility index (Phi) is 7.18. The van der Waals surface area contributed by atoms with Crippen LogP contribution in [0.1, 0.15) is 19.4 Å². The first-order chi connectivity index (χ1) is 10.9. The van der Waals surface area contributed by atoms with Gasteiger partial charge in [0.2, 0.25) is 0 Å². The number of amides is 2. The van der Waals surface area contributed by atoms with Gasteiger partial charge in [-0.2, -0.15) is 0 Å². The summed E-state index contributed by atoms with van der Waals surface area (Å²) in [5, 5.41) is 5.31. The Morgan fingerprint density at radius 3 is 2.26 bits per heavy atom. The number of rotatable bonds is 7. The maximum absolute atomic E-state index is 11.9. The summed E-state index contributed by atoms with van der Waals surface area (Å²) in [6.45, 7) is 3.95. The molecule has 1 atom stereocenters. The Labute approximate surface area is 136 Å². The lowest BCUT2D eigenvalue weighted by atomic mass is 10.1. The van der Waals surface area contributed by atoms with E-state index in [1.807, 2.05) is 19.9 Å². The quantitative estimate of drug-likeness (QED) is 0.746. The minimum atomic E-state index is -0.689. The van der Waals surface area contributed by atoms with Gasteiger partial charge in [-0.25, -0.2) is 9.59 Å². The highest BCUT2D eigenvalue weighted by atomic mass is 16.5. The second-order valence-electron chi connectivity index (χ2n) is 5.26. The van der Waals surface area contributed by atoms with Crippen molar-refractivity contribution in [2.45, 2.75) is 26.4 Å². The number of hydrogen-bond acceptors (Lipinski definition) is 5. The largest absolute Gasteiger partial charge is 0.493 e. The maximum Gasteiger partial charge on any atom is 0.328 e. The summed E-state index contributed by atoms with van der Waals surface area (Å²) in [7, 11) is 4.40. The standard InChI is InChI=1S/C16H24N2O5/c1-10(2)14(15(19)23-5)18-16(20)17-9-11-6-7-12(21-3)13(8-11)22-4/h6-8,10,14H,9H2,1-5H3,(H2,17,18,20)/t14-/m0/s1. The van der Waals surface area contributed by atoms with Gasteiger partial charge in [-0.3, -0.25) is 0 Å². The number of ether oxygens (including phenoxy) is 3. The van der Waals surface area contributed by atoms with Crippen LogP contribution in [0.5, 0.6) is 11.5 Å². The van der Waals surface area contributed by atoms with Crippen molar-refractivity contribution in [1.29, 1.82) is 0 Å². The first kappa shape index (κ1) is 18.6. The van der Waals surface area contributed by atoms with E-state index in [9.17, 15) is 9.59 Å². The molecule has 0 fully saturated rings. The highest BCUT2D eigenvalue weighted by molar-refractivity contribution is 5.83. The van der Waals surface area contributed by atoms with Crippen molar-refractivity contribution in [3.63, 3.8) is 0 Å². The van der Waals surface area contributed by atoms with Gasteiger partial charge in [-0.15, -0.1) is 0 Å². The molecule has 0 aromatic heterocycles. The van der Waals surface area contributed by atoms with Gasteiger partial charge in [0.05, 0.1) is 21.3 Å². The second-order valence-corrected chi connectivity index (χ2v) is 5.26. The fourth-order valence-electron chi connectivity index (χ4n) is 1.99. The van der Waals surface area contributed by atoms with E-state index in [0.717, 1.165) is 5.56 Å². The van der Waals surface area contributed by atoms with E-state index in [2.05, 4.69) is 15.4 Å². The lowest BCUT2D eigenvalue weighted by Crippen LogP contribution is -2.48.